The van der Waals surface area contributed by atoms with Crippen molar-refractivity contribution in [1.82, 2.24) is 9.38 Å². The summed E-state index contributed by atoms with van der Waals surface area (Å²) in [4.78, 5) is 4.38. The van der Waals surface area contributed by atoms with Crippen LogP contribution in [0.5, 0.6) is 0 Å². The van der Waals surface area contributed by atoms with E-state index in [1.807, 2.05) is 49.6 Å². The molecule has 15 heavy (non-hydrogen) atoms. The largest absolute Gasteiger partial charge is 0.396 e. The van der Waals surface area contributed by atoms with Crippen LogP contribution in [0.15, 0.2) is 24.4 Å². The molecule has 0 bridgehead atoms. The standard InChI is InChI=1S/C10H12N2O.C2H6/c1-8-9(5-7-13)12-6-3-2-4-10(12)11-8;1-2/h2-4,6,13H,5,7H2,1H3;1-2H3. The maximum atomic E-state index is 8.88. The smallest absolute Gasteiger partial charge is 0.137 e. The lowest BCUT2D eigenvalue weighted by atomic mass is 10.3. The Morgan fingerprint density at radius 1 is 1.33 bits per heavy atom. The minimum Gasteiger partial charge on any atom is -0.396 e. The highest BCUT2D eigenvalue weighted by atomic mass is 16.3. The van der Waals surface area contributed by atoms with Crippen molar-refractivity contribution in [2.75, 3.05) is 6.61 Å². The summed E-state index contributed by atoms with van der Waals surface area (Å²) in [5.41, 5.74) is 3.04. The Hall–Kier alpha value is -1.35. The summed E-state index contributed by atoms with van der Waals surface area (Å²) in [7, 11) is 0. The second-order valence-corrected chi connectivity index (χ2v) is 3.05. The van der Waals surface area contributed by atoms with Gasteiger partial charge in [0.15, 0.2) is 0 Å². The minimum atomic E-state index is 0.170. The van der Waals surface area contributed by atoms with Gasteiger partial charge in [-0.1, -0.05) is 19.9 Å². The van der Waals surface area contributed by atoms with Gasteiger partial charge in [0.1, 0.15) is 5.65 Å². The Bertz CT molecular complexity index is 420. The van der Waals surface area contributed by atoms with Gasteiger partial charge in [0.2, 0.25) is 0 Å². The number of hydrogen-bond acceptors (Lipinski definition) is 2. The molecule has 0 unspecified atom stereocenters. The fourth-order valence-electron chi connectivity index (χ4n) is 1.57. The Morgan fingerprint density at radius 3 is 2.73 bits per heavy atom. The van der Waals surface area contributed by atoms with Gasteiger partial charge in [0.25, 0.3) is 0 Å². The first-order valence-corrected chi connectivity index (χ1v) is 5.36. The number of rotatable bonds is 2. The maximum absolute atomic E-state index is 8.88. The molecule has 0 amide bonds. The molecular formula is C12H18N2O. The number of aliphatic hydroxyl groups excluding tert-OH is 1. The fourth-order valence-corrected chi connectivity index (χ4v) is 1.57. The lowest BCUT2D eigenvalue weighted by Crippen LogP contribution is -1.97. The summed E-state index contributed by atoms with van der Waals surface area (Å²) in [5, 5.41) is 8.88. The van der Waals surface area contributed by atoms with Crippen LogP contribution in [0.2, 0.25) is 0 Å². The molecule has 0 radical (unpaired) electrons. The van der Waals surface area contributed by atoms with E-state index < -0.39 is 0 Å². The van der Waals surface area contributed by atoms with E-state index in [0.717, 1.165) is 17.0 Å². The number of imidazole rings is 1. The zero-order chi connectivity index (χ0) is 11.3. The molecular weight excluding hydrogens is 188 g/mol. The lowest BCUT2D eigenvalue weighted by Gasteiger charge is -1.98. The summed E-state index contributed by atoms with van der Waals surface area (Å²) < 4.78 is 2.02. The van der Waals surface area contributed by atoms with Crippen LogP contribution in [-0.4, -0.2) is 21.1 Å². The number of hydrogen-bond donors (Lipinski definition) is 1. The third-order valence-corrected chi connectivity index (χ3v) is 2.18. The van der Waals surface area contributed by atoms with Gasteiger partial charge in [-0.15, -0.1) is 0 Å². The van der Waals surface area contributed by atoms with Crippen LogP contribution in [0.3, 0.4) is 0 Å². The molecule has 2 aromatic heterocycles. The zero-order valence-corrected chi connectivity index (χ0v) is 9.57. The van der Waals surface area contributed by atoms with Crippen LogP contribution in [0.1, 0.15) is 25.2 Å². The molecule has 0 aliphatic carbocycles. The SMILES string of the molecule is CC.Cc1nc2ccccn2c1CCO. The van der Waals surface area contributed by atoms with Gasteiger partial charge in [-0.3, -0.25) is 0 Å². The molecule has 1 N–H and O–H groups in total. The topological polar surface area (TPSA) is 37.5 Å². The first-order valence-electron chi connectivity index (χ1n) is 5.36. The monoisotopic (exact) mass is 206 g/mol. The van der Waals surface area contributed by atoms with Crippen molar-refractivity contribution in [3.05, 3.63) is 35.8 Å². The summed E-state index contributed by atoms with van der Waals surface area (Å²) in [5.74, 6) is 0. The van der Waals surface area contributed by atoms with Crippen molar-refractivity contribution in [3.63, 3.8) is 0 Å². The Labute approximate surface area is 90.4 Å². The van der Waals surface area contributed by atoms with Gasteiger partial charge < -0.3 is 9.51 Å². The molecule has 2 rings (SSSR count). The Morgan fingerprint density at radius 2 is 2.07 bits per heavy atom. The molecule has 3 nitrogen and oxygen atoms in total. The van der Waals surface area contributed by atoms with Crippen molar-refractivity contribution in [1.29, 1.82) is 0 Å². The molecule has 0 fully saturated rings. The van der Waals surface area contributed by atoms with Crippen LogP contribution in [0.25, 0.3) is 5.65 Å². The third-order valence-electron chi connectivity index (χ3n) is 2.18. The highest BCUT2D eigenvalue weighted by Gasteiger charge is 2.05. The minimum absolute atomic E-state index is 0.170. The molecule has 0 aliphatic heterocycles. The average molecular weight is 206 g/mol. The van der Waals surface area contributed by atoms with Gasteiger partial charge in [-0.25, -0.2) is 4.98 Å². The van der Waals surface area contributed by atoms with Crippen LogP contribution in [0, 0.1) is 6.92 Å². The molecule has 2 heterocycles. The van der Waals surface area contributed by atoms with Gasteiger partial charge in [0.05, 0.1) is 5.69 Å². The maximum Gasteiger partial charge on any atom is 0.137 e. The molecule has 0 saturated carbocycles. The number of aryl methyl sites for hydroxylation is 1. The first kappa shape index (κ1) is 11.7. The van der Waals surface area contributed by atoms with Gasteiger partial charge >= 0.3 is 0 Å². The predicted octanol–water partition coefficient (Wildman–Crippen LogP) is 2.20. The molecule has 0 aliphatic rings. The van der Waals surface area contributed by atoms with E-state index in [4.69, 9.17) is 5.11 Å². The highest BCUT2D eigenvalue weighted by Crippen LogP contribution is 2.11. The number of pyridine rings is 1. The highest BCUT2D eigenvalue weighted by molar-refractivity contribution is 5.42. The number of nitrogens with zero attached hydrogens (tertiary/aromatic N) is 2. The second-order valence-electron chi connectivity index (χ2n) is 3.05. The molecule has 2 aromatic rings. The predicted molar refractivity (Wildman–Crippen MR) is 62.1 cm³/mol. The van der Waals surface area contributed by atoms with Crippen molar-refractivity contribution in [2.45, 2.75) is 27.2 Å². The molecule has 0 spiro atoms. The van der Waals surface area contributed by atoms with Crippen molar-refractivity contribution in [2.24, 2.45) is 0 Å². The van der Waals surface area contributed by atoms with E-state index in [1.165, 1.54) is 0 Å². The van der Waals surface area contributed by atoms with Crippen molar-refractivity contribution >= 4 is 5.65 Å². The van der Waals surface area contributed by atoms with E-state index in [-0.39, 0.29) is 6.61 Å². The normalized spacial score (nSPS) is 9.87. The van der Waals surface area contributed by atoms with Crippen LogP contribution >= 0.6 is 0 Å². The quantitative estimate of drug-likeness (QED) is 0.818. The first-order chi connectivity index (χ1) is 7.33. The second kappa shape index (κ2) is 5.51. The van der Waals surface area contributed by atoms with Gasteiger partial charge in [0, 0.05) is 24.9 Å². The zero-order valence-electron chi connectivity index (χ0n) is 9.57. The van der Waals surface area contributed by atoms with Gasteiger partial charge in [-0.2, -0.15) is 0 Å². The van der Waals surface area contributed by atoms with Crippen molar-refractivity contribution in [3.8, 4) is 0 Å². The van der Waals surface area contributed by atoms with E-state index in [0.29, 0.717) is 6.42 Å². The van der Waals surface area contributed by atoms with E-state index in [9.17, 15) is 0 Å². The van der Waals surface area contributed by atoms with E-state index in [1.54, 1.807) is 0 Å². The van der Waals surface area contributed by atoms with E-state index >= 15 is 0 Å². The van der Waals surface area contributed by atoms with Crippen molar-refractivity contribution < 1.29 is 5.11 Å². The molecule has 0 atom stereocenters. The summed E-state index contributed by atoms with van der Waals surface area (Å²) in [6.07, 6.45) is 2.64. The number of fused-ring (bicyclic) bond motifs is 1. The third kappa shape index (κ3) is 2.36. The van der Waals surface area contributed by atoms with E-state index in [2.05, 4.69) is 4.98 Å². The van der Waals surface area contributed by atoms with Crippen LogP contribution in [0.4, 0.5) is 0 Å². The lowest BCUT2D eigenvalue weighted by molar-refractivity contribution is 0.297. The Balaban J connectivity index is 0.000000531. The summed E-state index contributed by atoms with van der Waals surface area (Å²) >= 11 is 0. The summed E-state index contributed by atoms with van der Waals surface area (Å²) in [6.45, 7) is 6.14. The van der Waals surface area contributed by atoms with Gasteiger partial charge in [-0.05, 0) is 19.1 Å². The molecule has 0 saturated heterocycles. The molecule has 0 aromatic carbocycles. The molecule has 82 valence electrons. The fraction of sp³-hybridized carbons (Fsp3) is 0.417. The summed E-state index contributed by atoms with van der Waals surface area (Å²) in [6, 6.07) is 5.90. The van der Waals surface area contributed by atoms with Crippen LogP contribution < -0.4 is 0 Å². The molecule has 3 heteroatoms. The Kier molecular flexibility index (Phi) is 4.31. The number of aromatic nitrogens is 2. The van der Waals surface area contributed by atoms with Crippen LogP contribution in [-0.2, 0) is 6.42 Å². The average Bonchev–Trinajstić information content (AvgIpc) is 2.59. The number of aliphatic hydroxyl groups is 1.